The van der Waals surface area contributed by atoms with Crippen molar-refractivity contribution in [3.05, 3.63) is 34.3 Å². The van der Waals surface area contributed by atoms with Gasteiger partial charge in [0.1, 0.15) is 5.01 Å². The van der Waals surface area contributed by atoms with Crippen molar-refractivity contribution < 1.29 is 0 Å². The van der Waals surface area contributed by atoms with Gasteiger partial charge in [0.15, 0.2) is 0 Å². The number of benzene rings is 1. The highest BCUT2D eigenvalue weighted by Gasteiger charge is 2.18. The SMILES string of the molecule is NNc1nnc(CN2CCN(c3ccc(Cl)cc3)CC2)s1. The van der Waals surface area contributed by atoms with Gasteiger partial charge in [-0.15, -0.1) is 10.2 Å². The number of anilines is 2. The van der Waals surface area contributed by atoms with Crippen LogP contribution in [-0.4, -0.2) is 41.3 Å². The zero-order valence-corrected chi connectivity index (χ0v) is 13.1. The van der Waals surface area contributed by atoms with Gasteiger partial charge in [-0.2, -0.15) is 0 Å². The topological polar surface area (TPSA) is 70.3 Å². The van der Waals surface area contributed by atoms with Gasteiger partial charge in [0, 0.05) is 36.9 Å². The summed E-state index contributed by atoms with van der Waals surface area (Å²) in [6.45, 7) is 4.85. The second-order valence-electron chi connectivity index (χ2n) is 4.88. The van der Waals surface area contributed by atoms with Crippen molar-refractivity contribution in [3.63, 3.8) is 0 Å². The summed E-state index contributed by atoms with van der Waals surface area (Å²) in [5.74, 6) is 5.32. The lowest BCUT2D eigenvalue weighted by atomic mass is 10.2. The number of nitrogens with one attached hydrogen (secondary N) is 1. The number of nitrogens with two attached hydrogens (primary N) is 1. The molecule has 0 aliphatic carbocycles. The van der Waals surface area contributed by atoms with E-state index in [1.807, 2.05) is 12.1 Å². The van der Waals surface area contributed by atoms with E-state index in [1.165, 1.54) is 17.0 Å². The van der Waals surface area contributed by atoms with Gasteiger partial charge < -0.3 is 4.90 Å². The smallest absolute Gasteiger partial charge is 0.219 e. The number of nitrogen functional groups attached to an aromatic ring is 1. The first-order valence-corrected chi connectivity index (χ1v) is 7.96. The average Bonchev–Trinajstić information content (AvgIpc) is 2.97. The van der Waals surface area contributed by atoms with Gasteiger partial charge in [0.05, 0.1) is 6.54 Å². The number of piperazine rings is 1. The minimum atomic E-state index is 0.657. The number of aromatic nitrogens is 2. The fraction of sp³-hybridized carbons (Fsp3) is 0.385. The monoisotopic (exact) mass is 324 g/mol. The zero-order chi connectivity index (χ0) is 14.7. The summed E-state index contributed by atoms with van der Waals surface area (Å²) in [5.41, 5.74) is 3.75. The quantitative estimate of drug-likeness (QED) is 0.660. The van der Waals surface area contributed by atoms with Gasteiger partial charge in [-0.1, -0.05) is 22.9 Å². The Bertz CT molecular complexity index is 579. The molecule has 6 nitrogen and oxygen atoms in total. The lowest BCUT2D eigenvalue weighted by Gasteiger charge is -2.35. The third-order valence-corrected chi connectivity index (χ3v) is 4.60. The number of halogens is 1. The largest absolute Gasteiger partial charge is 0.369 e. The van der Waals surface area contributed by atoms with E-state index in [1.54, 1.807) is 0 Å². The van der Waals surface area contributed by atoms with E-state index in [4.69, 9.17) is 17.4 Å². The van der Waals surface area contributed by atoms with Crippen LogP contribution in [0.15, 0.2) is 24.3 Å². The van der Waals surface area contributed by atoms with E-state index in [-0.39, 0.29) is 0 Å². The average molecular weight is 325 g/mol. The maximum atomic E-state index is 5.93. The molecule has 1 aromatic heterocycles. The van der Waals surface area contributed by atoms with Crippen LogP contribution in [0, 0.1) is 0 Å². The highest BCUT2D eigenvalue weighted by Crippen LogP contribution is 2.21. The summed E-state index contributed by atoms with van der Waals surface area (Å²) in [6.07, 6.45) is 0. The van der Waals surface area contributed by atoms with Crippen molar-refractivity contribution in [1.29, 1.82) is 0 Å². The Morgan fingerprint density at radius 3 is 2.48 bits per heavy atom. The first-order chi connectivity index (χ1) is 10.2. The third kappa shape index (κ3) is 3.62. The molecule has 1 aliphatic rings. The van der Waals surface area contributed by atoms with Crippen LogP contribution in [-0.2, 0) is 6.54 Å². The molecule has 21 heavy (non-hydrogen) atoms. The summed E-state index contributed by atoms with van der Waals surface area (Å²) >= 11 is 7.42. The van der Waals surface area contributed by atoms with Crippen LogP contribution >= 0.6 is 22.9 Å². The molecular weight excluding hydrogens is 308 g/mol. The Morgan fingerprint density at radius 1 is 1.14 bits per heavy atom. The molecule has 1 aromatic carbocycles. The third-order valence-electron chi connectivity index (χ3n) is 3.51. The minimum Gasteiger partial charge on any atom is -0.369 e. The number of rotatable bonds is 4. The second-order valence-corrected chi connectivity index (χ2v) is 6.38. The highest BCUT2D eigenvalue weighted by atomic mass is 35.5. The predicted octanol–water partition coefficient (Wildman–Crippen LogP) is 1.80. The molecule has 1 aliphatic heterocycles. The van der Waals surface area contributed by atoms with Crippen LogP contribution in [0.2, 0.25) is 5.02 Å². The molecule has 0 amide bonds. The van der Waals surface area contributed by atoms with Gasteiger partial charge in [0.25, 0.3) is 0 Å². The van der Waals surface area contributed by atoms with Crippen LogP contribution in [0.3, 0.4) is 0 Å². The summed E-state index contributed by atoms with van der Waals surface area (Å²) in [6, 6.07) is 8.02. The molecule has 0 radical (unpaired) electrons. The Morgan fingerprint density at radius 2 is 1.86 bits per heavy atom. The van der Waals surface area contributed by atoms with E-state index in [0.29, 0.717) is 5.13 Å². The molecular formula is C13H17ClN6S. The minimum absolute atomic E-state index is 0.657. The normalized spacial score (nSPS) is 16.2. The van der Waals surface area contributed by atoms with E-state index < -0.39 is 0 Å². The maximum Gasteiger partial charge on any atom is 0.219 e. The number of hydrogen-bond acceptors (Lipinski definition) is 7. The van der Waals surface area contributed by atoms with Crippen molar-refractivity contribution in [1.82, 2.24) is 15.1 Å². The van der Waals surface area contributed by atoms with E-state index in [9.17, 15) is 0 Å². The van der Waals surface area contributed by atoms with Crippen LogP contribution < -0.4 is 16.2 Å². The van der Waals surface area contributed by atoms with Crippen molar-refractivity contribution in [2.45, 2.75) is 6.54 Å². The maximum absolute atomic E-state index is 5.93. The summed E-state index contributed by atoms with van der Waals surface area (Å²) < 4.78 is 0. The highest BCUT2D eigenvalue weighted by molar-refractivity contribution is 7.15. The summed E-state index contributed by atoms with van der Waals surface area (Å²) in [7, 11) is 0. The first-order valence-electron chi connectivity index (χ1n) is 6.76. The van der Waals surface area contributed by atoms with Gasteiger partial charge in [-0.3, -0.25) is 10.3 Å². The van der Waals surface area contributed by atoms with Crippen molar-refractivity contribution in [2.75, 3.05) is 36.5 Å². The van der Waals surface area contributed by atoms with Crippen LogP contribution in [0.4, 0.5) is 10.8 Å². The molecule has 1 saturated heterocycles. The molecule has 3 N–H and O–H groups in total. The summed E-state index contributed by atoms with van der Waals surface area (Å²) in [4.78, 5) is 4.76. The molecule has 2 heterocycles. The fourth-order valence-electron chi connectivity index (χ4n) is 2.38. The molecule has 2 aromatic rings. The number of nitrogens with zero attached hydrogens (tertiary/aromatic N) is 4. The Balaban J connectivity index is 1.54. The van der Waals surface area contributed by atoms with E-state index in [0.717, 1.165) is 42.8 Å². The first kappa shape index (κ1) is 14.5. The second kappa shape index (κ2) is 6.57. The lowest BCUT2D eigenvalue weighted by Crippen LogP contribution is -2.45. The predicted molar refractivity (Wildman–Crippen MR) is 86.7 cm³/mol. The van der Waals surface area contributed by atoms with Crippen LogP contribution in [0.25, 0.3) is 0 Å². The van der Waals surface area contributed by atoms with Crippen molar-refractivity contribution in [2.24, 2.45) is 5.84 Å². The Hall–Kier alpha value is -1.41. The van der Waals surface area contributed by atoms with Gasteiger partial charge in [-0.25, -0.2) is 5.84 Å². The molecule has 3 rings (SSSR count). The standard InChI is InChI=1S/C13H17ClN6S/c14-10-1-3-11(4-2-10)20-7-5-19(6-8-20)9-12-17-18-13(16-15)21-12/h1-4H,5-9,15H2,(H,16,18). The van der Waals surface area contributed by atoms with Gasteiger partial charge >= 0.3 is 0 Å². The Labute approximate surface area is 132 Å². The molecule has 112 valence electrons. The number of hydrogen-bond donors (Lipinski definition) is 2. The molecule has 8 heteroatoms. The molecule has 0 spiro atoms. The van der Waals surface area contributed by atoms with Crippen molar-refractivity contribution >= 4 is 33.8 Å². The molecule has 1 fully saturated rings. The fourth-order valence-corrected chi connectivity index (χ4v) is 3.20. The van der Waals surface area contributed by atoms with Gasteiger partial charge in [-0.05, 0) is 24.3 Å². The molecule has 0 bridgehead atoms. The van der Waals surface area contributed by atoms with Crippen LogP contribution in [0.1, 0.15) is 5.01 Å². The van der Waals surface area contributed by atoms with Crippen molar-refractivity contribution in [3.8, 4) is 0 Å². The number of hydrazine groups is 1. The zero-order valence-electron chi connectivity index (χ0n) is 11.5. The van der Waals surface area contributed by atoms with Gasteiger partial charge in [0.2, 0.25) is 5.13 Å². The summed E-state index contributed by atoms with van der Waals surface area (Å²) in [5, 5.41) is 10.5. The molecule has 0 atom stereocenters. The van der Waals surface area contributed by atoms with Crippen LogP contribution in [0.5, 0.6) is 0 Å². The lowest BCUT2D eigenvalue weighted by molar-refractivity contribution is 0.249. The molecule has 0 saturated carbocycles. The Kier molecular flexibility index (Phi) is 4.54. The van der Waals surface area contributed by atoms with E-state index in [2.05, 4.69) is 37.6 Å². The van der Waals surface area contributed by atoms with E-state index >= 15 is 0 Å². The molecule has 0 unspecified atom stereocenters.